The maximum absolute atomic E-state index is 15.3. The molecule has 0 bridgehead atoms. The minimum atomic E-state index is -5.04. The molecule has 3 aliphatic rings. The van der Waals surface area contributed by atoms with E-state index in [1.54, 1.807) is 30.3 Å². The van der Waals surface area contributed by atoms with Gasteiger partial charge in [0.1, 0.15) is 29.6 Å². The highest BCUT2D eigenvalue weighted by Gasteiger charge is 2.68. The van der Waals surface area contributed by atoms with Crippen molar-refractivity contribution in [2.45, 2.75) is 50.0 Å². The van der Waals surface area contributed by atoms with Crippen molar-refractivity contribution < 1.29 is 40.3 Å². The highest BCUT2D eigenvalue weighted by atomic mass is 19.4. The van der Waals surface area contributed by atoms with E-state index in [-0.39, 0.29) is 35.7 Å². The summed E-state index contributed by atoms with van der Waals surface area (Å²) < 4.78 is 102. The molecule has 1 fully saturated rings. The molecule has 8 nitrogen and oxygen atoms in total. The first-order chi connectivity index (χ1) is 26.6. The predicted octanol–water partition coefficient (Wildman–Crippen LogP) is 7.26. The number of nitrogens with zero attached hydrogens (tertiary/aromatic N) is 4. The Morgan fingerprint density at radius 1 is 1.00 bits per heavy atom. The molecule has 2 N–H and O–H groups in total. The molecule has 286 valence electrons. The Balaban J connectivity index is 1.21. The number of benzene rings is 3. The summed E-state index contributed by atoms with van der Waals surface area (Å²) in [6, 6.07) is 17.3. The van der Waals surface area contributed by atoms with Gasteiger partial charge in [0.25, 0.3) is 11.8 Å². The number of alkyl halides is 5. The van der Waals surface area contributed by atoms with E-state index in [0.717, 1.165) is 23.4 Å². The van der Waals surface area contributed by atoms with E-state index in [9.17, 15) is 31.5 Å². The normalized spacial score (nSPS) is 17.9. The largest absolute Gasteiger partial charge is 0.435 e. The van der Waals surface area contributed by atoms with Crippen molar-refractivity contribution in [3.63, 3.8) is 0 Å². The highest BCUT2D eigenvalue weighted by molar-refractivity contribution is 5.99. The lowest BCUT2D eigenvalue weighted by atomic mass is 9.93. The van der Waals surface area contributed by atoms with Gasteiger partial charge in [-0.15, -0.1) is 0 Å². The van der Waals surface area contributed by atoms with Gasteiger partial charge in [0.2, 0.25) is 5.91 Å². The van der Waals surface area contributed by atoms with Gasteiger partial charge in [-0.05, 0) is 96.0 Å². The molecule has 3 aromatic carbocycles. The van der Waals surface area contributed by atoms with Gasteiger partial charge in [0.15, 0.2) is 5.69 Å². The van der Waals surface area contributed by atoms with Crippen LogP contribution >= 0.6 is 0 Å². The molecule has 0 unspecified atom stereocenters. The first-order valence-electron chi connectivity index (χ1n) is 17.6. The Hall–Kier alpha value is -6.17. The van der Waals surface area contributed by atoms with E-state index < -0.39 is 71.0 Å². The van der Waals surface area contributed by atoms with E-state index in [4.69, 9.17) is 4.98 Å². The lowest BCUT2D eigenvalue weighted by Crippen LogP contribution is -2.35. The molecule has 2 aromatic heterocycles. The zero-order valence-corrected chi connectivity index (χ0v) is 29.7. The van der Waals surface area contributed by atoms with Gasteiger partial charge in [-0.1, -0.05) is 18.1 Å². The molecule has 2 amide bonds. The van der Waals surface area contributed by atoms with Crippen LogP contribution in [0.1, 0.15) is 73.8 Å². The molecule has 56 heavy (non-hydrogen) atoms. The molecule has 2 aliphatic carbocycles. The number of halogens is 7. The second-order valence-electron chi connectivity index (χ2n) is 14.3. The highest BCUT2D eigenvalue weighted by Crippen LogP contribution is 2.68. The third-order valence-corrected chi connectivity index (χ3v) is 10.3. The van der Waals surface area contributed by atoms with Gasteiger partial charge in [0, 0.05) is 60.6 Å². The third kappa shape index (κ3) is 6.84. The molecule has 5 aromatic rings. The number of anilines is 1. The summed E-state index contributed by atoms with van der Waals surface area (Å²) in [6.07, 6.45) is -5.45. The maximum Gasteiger partial charge on any atom is 0.435 e. The average Bonchev–Trinajstić information content (AvgIpc) is 3.65. The summed E-state index contributed by atoms with van der Waals surface area (Å²) in [5.41, 5.74) is 1.07. The van der Waals surface area contributed by atoms with Crippen LogP contribution in [0.25, 0.3) is 11.1 Å². The van der Waals surface area contributed by atoms with E-state index >= 15 is 8.78 Å². The zero-order valence-electron chi connectivity index (χ0n) is 29.7. The van der Waals surface area contributed by atoms with Crippen LogP contribution < -0.4 is 15.5 Å². The van der Waals surface area contributed by atoms with Crippen LogP contribution in [-0.4, -0.2) is 40.7 Å². The molecule has 0 saturated heterocycles. The summed E-state index contributed by atoms with van der Waals surface area (Å²) in [4.78, 5) is 33.2. The number of fused-ring (bicyclic) bond motifs is 4. The first-order valence-corrected chi connectivity index (χ1v) is 17.6. The summed E-state index contributed by atoms with van der Waals surface area (Å²) in [7, 11) is 3.79. The molecular formula is C41H31F7N6O2. The van der Waals surface area contributed by atoms with E-state index in [2.05, 4.69) is 27.6 Å². The van der Waals surface area contributed by atoms with Crippen LogP contribution in [0.4, 0.5) is 36.4 Å². The summed E-state index contributed by atoms with van der Waals surface area (Å²) >= 11 is 0. The van der Waals surface area contributed by atoms with Crippen LogP contribution in [-0.2, 0) is 36.4 Å². The smallest absolute Gasteiger partial charge is 0.378 e. The molecule has 3 atom stereocenters. The van der Waals surface area contributed by atoms with Gasteiger partial charge < -0.3 is 15.5 Å². The number of hydrogen-bond donors (Lipinski definition) is 2. The maximum atomic E-state index is 15.3. The average molecular weight is 773 g/mol. The number of hydrogen-bond acceptors (Lipinski definition) is 5. The first kappa shape index (κ1) is 36.8. The van der Waals surface area contributed by atoms with Gasteiger partial charge in [0.05, 0.1) is 11.7 Å². The fraction of sp³-hybridized carbons (Fsp3) is 0.268. The fourth-order valence-electron chi connectivity index (χ4n) is 7.56. The van der Waals surface area contributed by atoms with Crippen molar-refractivity contribution >= 4 is 17.5 Å². The van der Waals surface area contributed by atoms with E-state index in [1.165, 1.54) is 0 Å². The Labute approximate surface area is 315 Å². The van der Waals surface area contributed by atoms with Gasteiger partial charge in [-0.2, -0.15) is 27.1 Å². The van der Waals surface area contributed by atoms with Crippen LogP contribution in [0.5, 0.6) is 0 Å². The number of carbonyl (C=O) groups is 2. The molecule has 0 radical (unpaired) electrons. The molecule has 8 rings (SSSR count). The minimum Gasteiger partial charge on any atom is -0.378 e. The van der Waals surface area contributed by atoms with E-state index in [1.807, 2.05) is 43.3 Å². The Kier molecular flexibility index (Phi) is 8.90. The quantitative estimate of drug-likeness (QED) is 0.128. The molecule has 0 spiro atoms. The predicted molar refractivity (Wildman–Crippen MR) is 191 cm³/mol. The number of aromatic nitrogens is 3. The van der Waals surface area contributed by atoms with Crippen molar-refractivity contribution in [2.24, 2.45) is 5.92 Å². The Morgan fingerprint density at radius 3 is 2.43 bits per heavy atom. The Morgan fingerprint density at radius 2 is 1.73 bits per heavy atom. The monoisotopic (exact) mass is 772 g/mol. The fourth-order valence-corrected chi connectivity index (χ4v) is 7.56. The van der Waals surface area contributed by atoms with Crippen molar-refractivity contribution in [1.29, 1.82) is 0 Å². The standard InChI is InChI=1S/C41H31F7N6O2/c1-53(2)28-10-4-21(5-11-28)3-8-27-9-12-29(23-6-7-24-19-49-39(56)30(24)16-23)36(50-27)33(15-22-13-25(42)17-26(43)14-22)51-34(55)20-54-38-35(37(52-54)41(46,47)48)31-18-32(31)40(38,44)45/h4-7,9-14,16-17,31-33H,15,18-20H2,1-2H3,(H,49,56)(H,51,55)/t31-,32+,33-/m0/s1. The van der Waals surface area contributed by atoms with Crippen LogP contribution in [0.3, 0.4) is 0 Å². The van der Waals surface area contributed by atoms with Crippen molar-refractivity contribution in [3.8, 4) is 23.0 Å². The number of amides is 2. The molecular weight excluding hydrogens is 741 g/mol. The lowest BCUT2D eigenvalue weighted by Gasteiger charge is -2.23. The zero-order chi connectivity index (χ0) is 39.7. The molecule has 15 heteroatoms. The number of pyridine rings is 1. The summed E-state index contributed by atoms with van der Waals surface area (Å²) in [5.74, 6) is -3.06. The summed E-state index contributed by atoms with van der Waals surface area (Å²) in [5, 5.41) is 8.90. The summed E-state index contributed by atoms with van der Waals surface area (Å²) in [6.45, 7) is -0.695. The lowest BCUT2D eigenvalue weighted by molar-refractivity contribution is -0.142. The van der Waals surface area contributed by atoms with Gasteiger partial charge in [-0.25, -0.2) is 13.8 Å². The van der Waals surface area contributed by atoms with Crippen LogP contribution in [0.2, 0.25) is 0 Å². The third-order valence-electron chi connectivity index (χ3n) is 10.3. The second-order valence-corrected chi connectivity index (χ2v) is 14.3. The topological polar surface area (TPSA) is 92.2 Å². The van der Waals surface area contributed by atoms with Crippen molar-refractivity contribution in [1.82, 2.24) is 25.4 Å². The molecule has 1 saturated carbocycles. The number of rotatable bonds is 8. The van der Waals surface area contributed by atoms with Gasteiger partial charge >= 0.3 is 6.18 Å². The minimum absolute atomic E-state index is 0.0808. The Bertz CT molecular complexity index is 2460. The molecule has 1 aliphatic heterocycles. The van der Waals surface area contributed by atoms with Gasteiger partial charge in [-0.3, -0.25) is 14.3 Å². The SMILES string of the molecule is CN(C)c1ccc(C#Cc2ccc(-c3ccc4c(c3)C(=O)NC4)c([C@H](Cc3cc(F)cc(F)c3)NC(=O)Cn3nc(C(F)(F)F)c4c3C(F)(F)[C@@H]3C[C@H]43)n2)cc1. The second kappa shape index (κ2) is 13.5. The van der Waals surface area contributed by atoms with Crippen molar-refractivity contribution in [3.05, 3.63) is 135 Å². The number of carbonyl (C=O) groups excluding carboxylic acids is 2. The van der Waals surface area contributed by atoms with Crippen LogP contribution in [0.15, 0.2) is 72.8 Å². The van der Waals surface area contributed by atoms with Crippen LogP contribution in [0, 0.1) is 29.4 Å². The van der Waals surface area contributed by atoms with Crippen molar-refractivity contribution in [2.75, 3.05) is 19.0 Å². The molecule has 3 heterocycles. The van der Waals surface area contributed by atoms with E-state index in [0.29, 0.717) is 39.5 Å². The number of nitrogens with one attached hydrogen (secondary N) is 2.